The number of benzene rings is 2. The van der Waals surface area contributed by atoms with E-state index in [-0.39, 0.29) is 11.9 Å². The van der Waals surface area contributed by atoms with Crippen LogP contribution in [0.4, 0.5) is 28.1 Å². The fraction of sp³-hybridized carbons (Fsp3) is 0.469. The number of morpholine rings is 1. The monoisotopic (exact) mass is 599 g/mol. The van der Waals surface area contributed by atoms with Gasteiger partial charge in [0.25, 0.3) is 5.91 Å². The third kappa shape index (κ3) is 7.08. The van der Waals surface area contributed by atoms with E-state index in [1.165, 1.54) is 0 Å². The van der Waals surface area contributed by atoms with Crippen molar-refractivity contribution < 1.29 is 14.3 Å². The van der Waals surface area contributed by atoms with E-state index in [2.05, 4.69) is 39.4 Å². The van der Waals surface area contributed by atoms with Crippen LogP contribution in [0.15, 0.2) is 48.5 Å². The van der Waals surface area contributed by atoms with Gasteiger partial charge in [0, 0.05) is 67.8 Å². The van der Waals surface area contributed by atoms with Gasteiger partial charge < -0.3 is 35.0 Å². The van der Waals surface area contributed by atoms with Gasteiger partial charge in [-0.15, -0.1) is 0 Å². The van der Waals surface area contributed by atoms with Crippen molar-refractivity contribution in [3.05, 3.63) is 54.1 Å². The molecule has 4 heterocycles. The summed E-state index contributed by atoms with van der Waals surface area (Å²) in [5, 5.41) is 5.73. The van der Waals surface area contributed by atoms with Gasteiger partial charge in [0.1, 0.15) is 0 Å². The first-order chi connectivity index (χ1) is 21.4. The fourth-order valence-electron chi connectivity index (χ4n) is 5.91. The Kier molecular flexibility index (Phi) is 9.17. The average Bonchev–Trinajstić information content (AvgIpc) is 3.61. The minimum absolute atomic E-state index is 0.0288. The number of amides is 3. The predicted molar refractivity (Wildman–Crippen MR) is 171 cm³/mol. The van der Waals surface area contributed by atoms with Crippen molar-refractivity contribution in [2.45, 2.75) is 31.7 Å². The molecule has 2 aromatic carbocycles. The molecule has 3 fully saturated rings. The first-order valence-corrected chi connectivity index (χ1v) is 15.5. The molecule has 1 aromatic heterocycles. The molecule has 0 unspecified atom stereocenters. The molecule has 0 bridgehead atoms. The number of ether oxygens (including phenoxy) is 1. The van der Waals surface area contributed by atoms with Gasteiger partial charge in [-0.25, -0.2) is 4.79 Å². The van der Waals surface area contributed by atoms with Crippen LogP contribution in [-0.2, 0) is 4.74 Å². The van der Waals surface area contributed by atoms with E-state index < -0.39 is 0 Å². The lowest BCUT2D eigenvalue weighted by atomic mass is 10.0. The largest absolute Gasteiger partial charge is 0.378 e. The topological polar surface area (TPSA) is 119 Å². The summed E-state index contributed by atoms with van der Waals surface area (Å²) < 4.78 is 5.52. The molecule has 0 spiro atoms. The van der Waals surface area contributed by atoms with Gasteiger partial charge in [-0.05, 0) is 88.3 Å². The van der Waals surface area contributed by atoms with E-state index >= 15 is 0 Å². The van der Waals surface area contributed by atoms with Crippen LogP contribution >= 0.6 is 0 Å². The van der Waals surface area contributed by atoms with Crippen LogP contribution in [0.1, 0.15) is 36.0 Å². The predicted octanol–water partition coefficient (Wildman–Crippen LogP) is 3.79. The maximum Gasteiger partial charge on any atom is 0.323 e. The highest BCUT2D eigenvalue weighted by molar-refractivity contribution is 6.00. The highest BCUT2D eigenvalue weighted by Crippen LogP contribution is 2.25. The van der Waals surface area contributed by atoms with Crippen LogP contribution in [0.25, 0.3) is 11.4 Å². The summed E-state index contributed by atoms with van der Waals surface area (Å²) in [6.07, 6.45) is 4.22. The number of aromatic nitrogens is 3. The molecule has 3 aliphatic rings. The lowest BCUT2D eigenvalue weighted by Gasteiger charge is -2.35. The van der Waals surface area contributed by atoms with Gasteiger partial charge in [-0.3, -0.25) is 4.79 Å². The Morgan fingerprint density at radius 1 is 0.750 bits per heavy atom. The number of rotatable bonds is 7. The van der Waals surface area contributed by atoms with Crippen LogP contribution in [-0.4, -0.2) is 109 Å². The van der Waals surface area contributed by atoms with Crippen molar-refractivity contribution in [1.82, 2.24) is 24.8 Å². The SMILES string of the molecule is CN(C)C1CCN(C(=O)c2ccc(NC(=O)Nc3ccc(-c4nc(N5CCCC5)nc(N5CCOCC5)n4)cc3)cc2)CC1. The first kappa shape index (κ1) is 29.8. The number of likely N-dealkylation sites (tertiary alicyclic amines) is 1. The minimum Gasteiger partial charge on any atom is -0.378 e. The molecule has 3 aromatic rings. The molecule has 12 nitrogen and oxygen atoms in total. The quantitative estimate of drug-likeness (QED) is 0.418. The van der Waals surface area contributed by atoms with Gasteiger partial charge in [-0.1, -0.05) is 0 Å². The van der Waals surface area contributed by atoms with Crippen molar-refractivity contribution in [1.29, 1.82) is 0 Å². The molecule has 3 aliphatic heterocycles. The number of carbonyl (C=O) groups excluding carboxylic acids is 2. The summed E-state index contributed by atoms with van der Waals surface area (Å²) in [6, 6.07) is 14.7. The second-order valence-corrected chi connectivity index (χ2v) is 11.8. The van der Waals surface area contributed by atoms with E-state index in [1.807, 2.05) is 29.2 Å². The Bertz CT molecular complexity index is 1430. The summed E-state index contributed by atoms with van der Waals surface area (Å²) in [5.41, 5.74) is 2.72. The second-order valence-electron chi connectivity index (χ2n) is 11.8. The third-order valence-corrected chi connectivity index (χ3v) is 8.57. The van der Waals surface area contributed by atoms with Gasteiger partial charge in [0.2, 0.25) is 11.9 Å². The Morgan fingerprint density at radius 2 is 1.30 bits per heavy atom. The zero-order chi connectivity index (χ0) is 30.5. The number of hydrogen-bond donors (Lipinski definition) is 2. The zero-order valence-corrected chi connectivity index (χ0v) is 25.5. The van der Waals surface area contributed by atoms with Crippen LogP contribution in [0.2, 0.25) is 0 Å². The molecule has 0 aliphatic carbocycles. The second kappa shape index (κ2) is 13.6. The Balaban J connectivity index is 1.07. The van der Waals surface area contributed by atoms with E-state index in [9.17, 15) is 9.59 Å². The van der Waals surface area contributed by atoms with Gasteiger partial charge >= 0.3 is 6.03 Å². The average molecular weight is 600 g/mol. The van der Waals surface area contributed by atoms with E-state index in [0.717, 1.165) is 70.5 Å². The number of nitrogens with one attached hydrogen (secondary N) is 2. The number of nitrogens with zero attached hydrogens (tertiary/aromatic N) is 7. The number of anilines is 4. The molecule has 0 radical (unpaired) electrons. The summed E-state index contributed by atoms with van der Waals surface area (Å²) in [4.78, 5) is 48.6. The molecule has 3 saturated heterocycles. The molecular weight excluding hydrogens is 558 g/mol. The lowest BCUT2D eigenvalue weighted by molar-refractivity contribution is 0.0663. The molecule has 44 heavy (non-hydrogen) atoms. The van der Waals surface area contributed by atoms with Crippen molar-refractivity contribution in [2.75, 3.05) is 87.0 Å². The number of piperidine rings is 1. The van der Waals surface area contributed by atoms with Crippen LogP contribution < -0.4 is 20.4 Å². The molecule has 232 valence electrons. The molecule has 0 saturated carbocycles. The Labute approximate surface area is 258 Å². The standard InChI is InChI=1S/C32H41N9O3/c1-38(2)27-13-17-39(18-14-27)29(42)24-7-11-26(12-8-24)34-32(43)33-25-9-5-23(6-10-25)28-35-30(40-15-3-4-16-40)37-31(36-28)41-19-21-44-22-20-41/h5-12,27H,3-4,13-22H2,1-2H3,(H2,33,34,43). The number of carbonyl (C=O) groups is 2. The molecule has 2 N–H and O–H groups in total. The van der Waals surface area contributed by atoms with Gasteiger partial charge in [-0.2, -0.15) is 15.0 Å². The van der Waals surface area contributed by atoms with Gasteiger partial charge in [0.05, 0.1) is 13.2 Å². The van der Waals surface area contributed by atoms with Crippen molar-refractivity contribution in [3.63, 3.8) is 0 Å². The molecule has 0 atom stereocenters. The van der Waals surface area contributed by atoms with E-state index in [4.69, 9.17) is 19.7 Å². The highest BCUT2D eigenvalue weighted by atomic mass is 16.5. The maximum absolute atomic E-state index is 13.0. The van der Waals surface area contributed by atoms with Crippen LogP contribution in [0.5, 0.6) is 0 Å². The zero-order valence-electron chi connectivity index (χ0n) is 25.5. The third-order valence-electron chi connectivity index (χ3n) is 8.57. The molecule has 6 rings (SSSR count). The molecular formula is C32H41N9O3. The highest BCUT2D eigenvalue weighted by Gasteiger charge is 2.25. The molecule has 3 amide bonds. The smallest absolute Gasteiger partial charge is 0.323 e. The Hall–Kier alpha value is -4.29. The summed E-state index contributed by atoms with van der Waals surface area (Å²) in [6.45, 7) is 6.20. The van der Waals surface area contributed by atoms with Crippen molar-refractivity contribution in [3.8, 4) is 11.4 Å². The summed E-state index contributed by atoms with van der Waals surface area (Å²) >= 11 is 0. The maximum atomic E-state index is 13.0. The number of urea groups is 1. The van der Waals surface area contributed by atoms with Crippen LogP contribution in [0, 0.1) is 0 Å². The van der Waals surface area contributed by atoms with Crippen molar-refractivity contribution in [2.24, 2.45) is 0 Å². The van der Waals surface area contributed by atoms with E-state index in [1.54, 1.807) is 24.3 Å². The van der Waals surface area contributed by atoms with Gasteiger partial charge in [0.15, 0.2) is 5.82 Å². The molecule has 12 heteroatoms. The Morgan fingerprint density at radius 3 is 1.86 bits per heavy atom. The summed E-state index contributed by atoms with van der Waals surface area (Å²) in [5.74, 6) is 2.01. The van der Waals surface area contributed by atoms with Crippen molar-refractivity contribution >= 4 is 35.2 Å². The van der Waals surface area contributed by atoms with E-state index in [0.29, 0.717) is 53.9 Å². The minimum atomic E-state index is -0.367. The normalized spacial score (nSPS) is 17.7. The number of hydrogen-bond acceptors (Lipinski definition) is 9. The van der Waals surface area contributed by atoms with Crippen LogP contribution in [0.3, 0.4) is 0 Å². The first-order valence-electron chi connectivity index (χ1n) is 15.5. The summed E-state index contributed by atoms with van der Waals surface area (Å²) in [7, 11) is 4.17. The fourth-order valence-corrected chi connectivity index (χ4v) is 5.91. The lowest BCUT2D eigenvalue weighted by Crippen LogP contribution is -2.44.